The number of aromatic nitrogens is 4. The molecule has 3 aromatic heterocycles. The van der Waals surface area contributed by atoms with Crippen LogP contribution in [0.4, 0.5) is 0 Å². The topological polar surface area (TPSA) is 75.6 Å². The van der Waals surface area contributed by atoms with Crippen molar-refractivity contribution in [1.82, 2.24) is 25.1 Å². The van der Waals surface area contributed by atoms with E-state index in [2.05, 4.69) is 70.2 Å². The molecule has 0 radical (unpaired) electrons. The van der Waals surface area contributed by atoms with Crippen LogP contribution in [0.5, 0.6) is 0 Å². The first kappa shape index (κ1) is 19.7. The molecule has 1 amide bonds. The lowest BCUT2D eigenvalue weighted by atomic mass is 9.96. The highest BCUT2D eigenvalue weighted by molar-refractivity contribution is 7.99. The van der Waals surface area contributed by atoms with Gasteiger partial charge in [0.25, 0.3) is 0 Å². The van der Waals surface area contributed by atoms with Crippen LogP contribution < -0.4 is 5.32 Å². The number of hydrogen-bond acceptors (Lipinski definition) is 5. The molecule has 4 rings (SSSR count). The molecule has 0 aliphatic heterocycles. The van der Waals surface area contributed by atoms with Gasteiger partial charge in [-0.05, 0) is 36.9 Å². The van der Waals surface area contributed by atoms with Crippen molar-refractivity contribution < 1.29 is 4.79 Å². The monoisotopic (exact) mass is 425 g/mol. The molecule has 1 atom stereocenters. The van der Waals surface area contributed by atoms with Crippen LogP contribution in [-0.4, -0.2) is 38.0 Å². The molecule has 6 nitrogen and oxygen atoms in total. The fraction of sp³-hybridized carbons (Fsp3) is 0.286. The van der Waals surface area contributed by atoms with Gasteiger partial charge in [0.1, 0.15) is 6.33 Å². The lowest BCUT2D eigenvalue weighted by Crippen LogP contribution is -2.30. The molecule has 0 saturated carbocycles. The van der Waals surface area contributed by atoms with Crippen molar-refractivity contribution in [3.05, 3.63) is 64.7 Å². The third-order valence-corrected chi connectivity index (χ3v) is 6.76. The van der Waals surface area contributed by atoms with Gasteiger partial charge in [0, 0.05) is 40.5 Å². The first-order valence-corrected chi connectivity index (χ1v) is 11.4. The van der Waals surface area contributed by atoms with E-state index in [1.54, 1.807) is 17.7 Å². The smallest absolute Gasteiger partial charge is 0.230 e. The highest BCUT2D eigenvalue weighted by Gasteiger charge is 2.20. The molecule has 150 valence electrons. The van der Waals surface area contributed by atoms with Gasteiger partial charge in [0.2, 0.25) is 5.91 Å². The summed E-state index contributed by atoms with van der Waals surface area (Å²) in [6.45, 7) is 4.69. The van der Waals surface area contributed by atoms with Crippen LogP contribution in [-0.2, 0) is 4.79 Å². The summed E-state index contributed by atoms with van der Waals surface area (Å²) in [5.41, 5.74) is 2.31. The Kier molecular flexibility index (Phi) is 6.01. The number of fused-ring (bicyclic) bond motifs is 1. The summed E-state index contributed by atoms with van der Waals surface area (Å²) in [6.07, 6.45) is 3.76. The fourth-order valence-electron chi connectivity index (χ4n) is 3.32. The van der Waals surface area contributed by atoms with E-state index >= 15 is 0 Å². The minimum Gasteiger partial charge on any atom is -0.361 e. The zero-order chi connectivity index (χ0) is 20.2. The molecular weight excluding hydrogens is 402 g/mol. The number of rotatable bonds is 8. The average Bonchev–Trinajstić information content (AvgIpc) is 3.47. The Morgan fingerprint density at radius 3 is 2.93 bits per heavy atom. The van der Waals surface area contributed by atoms with E-state index in [0.29, 0.717) is 12.3 Å². The van der Waals surface area contributed by atoms with Crippen molar-refractivity contribution >= 4 is 39.9 Å². The van der Waals surface area contributed by atoms with E-state index in [1.165, 1.54) is 27.6 Å². The first-order valence-electron chi connectivity index (χ1n) is 9.52. The van der Waals surface area contributed by atoms with Gasteiger partial charge in [-0.15, -0.1) is 21.5 Å². The maximum absolute atomic E-state index is 12.5. The predicted molar refractivity (Wildman–Crippen MR) is 119 cm³/mol. The molecule has 8 heteroatoms. The summed E-state index contributed by atoms with van der Waals surface area (Å²) in [6, 6.07) is 12.7. The van der Waals surface area contributed by atoms with Gasteiger partial charge in [0.05, 0.1) is 5.75 Å². The minimum atomic E-state index is -0.00490. The molecule has 2 N–H and O–H groups in total. The summed E-state index contributed by atoms with van der Waals surface area (Å²) < 4.78 is 1.97. The second kappa shape index (κ2) is 8.84. The van der Waals surface area contributed by atoms with Gasteiger partial charge in [-0.2, -0.15) is 0 Å². The van der Waals surface area contributed by atoms with E-state index in [-0.39, 0.29) is 17.9 Å². The fourth-order valence-corrected chi connectivity index (χ4v) is 5.04. The van der Waals surface area contributed by atoms with Crippen molar-refractivity contribution in [3.63, 3.8) is 0 Å². The highest BCUT2D eigenvalue weighted by Crippen LogP contribution is 2.32. The summed E-state index contributed by atoms with van der Waals surface area (Å²) in [5.74, 6) is 0.422. The van der Waals surface area contributed by atoms with Gasteiger partial charge in [-0.25, -0.2) is 0 Å². The van der Waals surface area contributed by atoms with E-state index in [9.17, 15) is 4.79 Å². The van der Waals surface area contributed by atoms with Crippen molar-refractivity contribution in [2.75, 3.05) is 12.3 Å². The molecule has 0 aliphatic carbocycles. The van der Waals surface area contributed by atoms with Crippen LogP contribution >= 0.6 is 23.1 Å². The molecule has 3 heterocycles. The number of benzene rings is 1. The zero-order valence-electron chi connectivity index (χ0n) is 16.3. The van der Waals surface area contributed by atoms with Gasteiger partial charge < -0.3 is 14.9 Å². The average molecular weight is 426 g/mol. The summed E-state index contributed by atoms with van der Waals surface area (Å²) in [4.78, 5) is 17.1. The standard InChI is InChI=1S/C21H23N5OS2/c1-14(2)26-13-24-25-21(26)29-12-20(27)23-11-17(19-8-5-9-28-19)16-10-22-18-7-4-3-6-15(16)18/h3-10,13-14,17,22H,11-12H2,1-2H3,(H,23,27)/t17-/m0/s1. The van der Waals surface area contributed by atoms with Crippen molar-refractivity contribution in [1.29, 1.82) is 0 Å². The Hall–Kier alpha value is -2.58. The molecule has 4 aromatic rings. The first-order chi connectivity index (χ1) is 14.1. The maximum atomic E-state index is 12.5. The number of H-pyrrole nitrogens is 1. The third-order valence-electron chi connectivity index (χ3n) is 4.82. The Bertz CT molecular complexity index is 1080. The Morgan fingerprint density at radius 2 is 2.14 bits per heavy atom. The number of aromatic amines is 1. The predicted octanol–water partition coefficient (Wildman–Crippen LogP) is 4.44. The van der Waals surface area contributed by atoms with E-state index in [1.807, 2.05) is 16.7 Å². The lowest BCUT2D eigenvalue weighted by Gasteiger charge is -2.16. The highest BCUT2D eigenvalue weighted by atomic mass is 32.2. The van der Waals surface area contributed by atoms with E-state index in [4.69, 9.17) is 0 Å². The summed E-state index contributed by atoms with van der Waals surface area (Å²) in [7, 11) is 0. The quantitative estimate of drug-likeness (QED) is 0.409. The number of nitrogens with zero attached hydrogens (tertiary/aromatic N) is 3. The van der Waals surface area contributed by atoms with Crippen molar-refractivity contribution in [2.24, 2.45) is 0 Å². The lowest BCUT2D eigenvalue weighted by molar-refractivity contribution is -0.118. The van der Waals surface area contributed by atoms with Crippen LogP contribution in [0.2, 0.25) is 0 Å². The van der Waals surface area contributed by atoms with Crippen LogP contribution in [0.3, 0.4) is 0 Å². The van der Waals surface area contributed by atoms with Crippen LogP contribution in [0.1, 0.15) is 36.2 Å². The number of amides is 1. The zero-order valence-corrected chi connectivity index (χ0v) is 18.0. The molecule has 1 aromatic carbocycles. The Morgan fingerprint density at radius 1 is 1.28 bits per heavy atom. The van der Waals surface area contributed by atoms with Crippen LogP contribution in [0.15, 0.2) is 59.5 Å². The number of thiophene rings is 1. The number of nitrogens with one attached hydrogen (secondary N) is 2. The molecule has 0 saturated heterocycles. The molecule has 0 spiro atoms. The molecular formula is C21H23N5OS2. The largest absolute Gasteiger partial charge is 0.361 e. The van der Waals surface area contributed by atoms with Gasteiger partial charge in [-0.3, -0.25) is 4.79 Å². The molecule has 0 aliphatic rings. The second-order valence-corrected chi connectivity index (χ2v) is 8.99. The van der Waals surface area contributed by atoms with Crippen LogP contribution in [0.25, 0.3) is 10.9 Å². The summed E-state index contributed by atoms with van der Waals surface area (Å²) in [5, 5.41) is 15.2. The number of carbonyl (C=O) groups excluding carboxylic acids is 1. The minimum absolute atomic E-state index is 0.00490. The molecule has 0 fully saturated rings. The molecule has 29 heavy (non-hydrogen) atoms. The normalized spacial score (nSPS) is 12.5. The summed E-state index contributed by atoms with van der Waals surface area (Å²) >= 11 is 3.13. The Balaban J connectivity index is 1.45. The molecule has 0 unspecified atom stereocenters. The molecule has 0 bridgehead atoms. The van der Waals surface area contributed by atoms with Crippen molar-refractivity contribution in [2.45, 2.75) is 31.0 Å². The number of thioether (sulfide) groups is 1. The van der Waals surface area contributed by atoms with Crippen LogP contribution in [0, 0.1) is 0 Å². The van der Waals surface area contributed by atoms with Crippen molar-refractivity contribution in [3.8, 4) is 0 Å². The Labute approximate surface area is 177 Å². The second-order valence-electron chi connectivity index (χ2n) is 7.06. The van der Waals surface area contributed by atoms with E-state index < -0.39 is 0 Å². The van der Waals surface area contributed by atoms with Gasteiger partial charge >= 0.3 is 0 Å². The van der Waals surface area contributed by atoms with E-state index in [0.717, 1.165) is 10.7 Å². The number of hydrogen-bond donors (Lipinski definition) is 2. The maximum Gasteiger partial charge on any atom is 0.230 e. The SMILES string of the molecule is CC(C)n1cnnc1SCC(=O)NC[C@H](c1cccs1)c1c[nH]c2ccccc12. The number of carbonyl (C=O) groups is 1. The number of para-hydroxylation sites is 1. The van der Waals surface area contributed by atoms with Gasteiger partial charge in [-0.1, -0.05) is 36.0 Å². The third kappa shape index (κ3) is 4.38. The van der Waals surface area contributed by atoms with Gasteiger partial charge in [0.15, 0.2) is 5.16 Å².